The molecule has 0 aliphatic rings. The van der Waals surface area contributed by atoms with Gasteiger partial charge in [0, 0.05) is 11.8 Å². The minimum absolute atomic E-state index is 0.447. The van der Waals surface area contributed by atoms with E-state index in [4.69, 9.17) is 18.0 Å². The van der Waals surface area contributed by atoms with Gasteiger partial charge in [0.25, 0.3) is 0 Å². The molecule has 124 valence electrons. The number of thiocarbonyl (C=S) groups is 1. The molecule has 0 amide bonds. The molecule has 0 bridgehead atoms. The second kappa shape index (κ2) is 12.9. The topological polar surface area (TPSA) is 38.9 Å². The summed E-state index contributed by atoms with van der Waals surface area (Å²) in [4.78, 5) is 4.80. The molecule has 1 aromatic rings. The van der Waals surface area contributed by atoms with Gasteiger partial charge in [-0.2, -0.15) is 0 Å². The van der Waals surface area contributed by atoms with Crippen LogP contribution in [-0.4, -0.2) is 15.7 Å². The van der Waals surface area contributed by atoms with Crippen molar-refractivity contribution in [1.29, 1.82) is 0 Å². The summed E-state index contributed by atoms with van der Waals surface area (Å²) in [6, 6.07) is 3.86. The maximum absolute atomic E-state index is 5.64. The van der Waals surface area contributed by atoms with Crippen LogP contribution >= 0.6 is 24.0 Å². The Labute approximate surface area is 145 Å². The minimum atomic E-state index is 0.447. The van der Waals surface area contributed by atoms with E-state index in [0.717, 1.165) is 16.3 Å². The lowest BCUT2D eigenvalue weighted by Crippen LogP contribution is -2.09. The lowest BCUT2D eigenvalue weighted by molar-refractivity contribution is 0.563. The van der Waals surface area contributed by atoms with E-state index in [1.807, 2.05) is 12.1 Å². The Bertz CT molecular complexity index is 421. The maximum atomic E-state index is 5.64. The van der Waals surface area contributed by atoms with E-state index in [2.05, 4.69) is 11.9 Å². The predicted octanol–water partition coefficient (Wildman–Crippen LogP) is 5.73. The van der Waals surface area contributed by atoms with Gasteiger partial charge in [-0.3, -0.25) is 0 Å². The number of pyridine rings is 1. The fourth-order valence-corrected chi connectivity index (χ4v) is 3.44. The van der Waals surface area contributed by atoms with Crippen molar-refractivity contribution in [3.05, 3.63) is 23.9 Å². The summed E-state index contributed by atoms with van der Waals surface area (Å²) in [6.07, 6.45) is 15.6. The molecule has 0 radical (unpaired) electrons. The van der Waals surface area contributed by atoms with E-state index in [-0.39, 0.29) is 0 Å². The number of hydrogen-bond acceptors (Lipinski definition) is 3. The van der Waals surface area contributed by atoms with Gasteiger partial charge in [-0.25, -0.2) is 4.98 Å². The third-order valence-corrected chi connectivity index (χ3v) is 5.01. The Morgan fingerprint density at radius 2 is 1.64 bits per heavy atom. The number of nitrogens with two attached hydrogens (primary N) is 1. The Morgan fingerprint density at radius 1 is 1.05 bits per heavy atom. The van der Waals surface area contributed by atoms with Gasteiger partial charge < -0.3 is 5.73 Å². The van der Waals surface area contributed by atoms with Crippen molar-refractivity contribution < 1.29 is 0 Å². The van der Waals surface area contributed by atoms with E-state index >= 15 is 0 Å². The van der Waals surface area contributed by atoms with Gasteiger partial charge in [-0.15, -0.1) is 11.8 Å². The highest BCUT2D eigenvalue weighted by Gasteiger charge is 2.00. The van der Waals surface area contributed by atoms with Crippen molar-refractivity contribution in [3.63, 3.8) is 0 Å². The van der Waals surface area contributed by atoms with Crippen molar-refractivity contribution in [2.75, 3.05) is 5.75 Å². The van der Waals surface area contributed by atoms with Gasteiger partial charge in [-0.05, 0) is 24.3 Å². The van der Waals surface area contributed by atoms with Gasteiger partial charge in [0.2, 0.25) is 0 Å². The first-order valence-corrected chi connectivity index (χ1v) is 10.0. The molecule has 1 aromatic heterocycles. The first-order valence-electron chi connectivity index (χ1n) is 8.62. The van der Waals surface area contributed by atoms with Crippen LogP contribution in [-0.2, 0) is 0 Å². The van der Waals surface area contributed by atoms with Crippen LogP contribution in [0.1, 0.15) is 76.7 Å². The van der Waals surface area contributed by atoms with Crippen LogP contribution in [0.2, 0.25) is 0 Å². The van der Waals surface area contributed by atoms with E-state index in [1.54, 1.807) is 18.0 Å². The summed E-state index contributed by atoms with van der Waals surface area (Å²) >= 11 is 6.79. The maximum Gasteiger partial charge on any atom is 0.104 e. The van der Waals surface area contributed by atoms with Crippen LogP contribution in [0.4, 0.5) is 0 Å². The quantitative estimate of drug-likeness (QED) is 0.283. The van der Waals surface area contributed by atoms with Gasteiger partial charge in [0.1, 0.15) is 4.99 Å². The monoisotopic (exact) mass is 338 g/mol. The molecule has 1 rings (SSSR count). The molecular weight excluding hydrogens is 308 g/mol. The third kappa shape index (κ3) is 9.42. The molecular formula is C18H30N2S2. The fourth-order valence-electron chi connectivity index (χ4n) is 2.41. The standard InChI is InChI=1S/C18H30N2S2/c1-2-3-4-5-6-7-8-9-10-11-14-22-17-15-16(18(19)21)12-13-20-17/h12-13,15H,2-11,14H2,1H3,(H2,19,21). The molecule has 0 saturated carbocycles. The zero-order valence-corrected chi connectivity index (χ0v) is 15.5. The number of nitrogens with zero attached hydrogens (tertiary/aromatic N) is 1. The van der Waals surface area contributed by atoms with Gasteiger partial charge in [0.15, 0.2) is 0 Å². The smallest absolute Gasteiger partial charge is 0.104 e. The highest BCUT2D eigenvalue weighted by molar-refractivity contribution is 7.99. The largest absolute Gasteiger partial charge is 0.389 e. The van der Waals surface area contributed by atoms with Gasteiger partial charge in [-0.1, -0.05) is 76.9 Å². The van der Waals surface area contributed by atoms with Crippen LogP contribution in [0.3, 0.4) is 0 Å². The van der Waals surface area contributed by atoms with Crippen LogP contribution in [0.15, 0.2) is 23.4 Å². The van der Waals surface area contributed by atoms with Crippen molar-refractivity contribution in [1.82, 2.24) is 4.98 Å². The molecule has 2 nitrogen and oxygen atoms in total. The van der Waals surface area contributed by atoms with E-state index in [0.29, 0.717) is 4.99 Å². The summed E-state index contributed by atoms with van der Waals surface area (Å²) < 4.78 is 0. The average molecular weight is 339 g/mol. The lowest BCUT2D eigenvalue weighted by atomic mass is 10.1. The predicted molar refractivity (Wildman–Crippen MR) is 103 cm³/mol. The second-order valence-electron chi connectivity index (χ2n) is 5.78. The molecule has 0 aliphatic carbocycles. The zero-order valence-electron chi connectivity index (χ0n) is 13.9. The van der Waals surface area contributed by atoms with Gasteiger partial charge in [0.05, 0.1) is 5.03 Å². The van der Waals surface area contributed by atoms with E-state index in [9.17, 15) is 0 Å². The van der Waals surface area contributed by atoms with Crippen molar-refractivity contribution in [2.45, 2.75) is 76.2 Å². The highest BCUT2D eigenvalue weighted by atomic mass is 32.2. The third-order valence-electron chi connectivity index (χ3n) is 3.77. The Morgan fingerprint density at radius 3 is 2.23 bits per heavy atom. The number of rotatable bonds is 13. The Kier molecular flexibility index (Phi) is 11.4. The zero-order chi connectivity index (χ0) is 16.0. The van der Waals surface area contributed by atoms with Crippen LogP contribution in [0, 0.1) is 0 Å². The molecule has 0 aromatic carbocycles. The summed E-state index contributed by atoms with van der Waals surface area (Å²) in [5.74, 6) is 1.13. The molecule has 1 heterocycles. The molecule has 0 fully saturated rings. The molecule has 0 unspecified atom stereocenters. The van der Waals surface area contributed by atoms with Crippen molar-refractivity contribution in [3.8, 4) is 0 Å². The van der Waals surface area contributed by atoms with Crippen molar-refractivity contribution >= 4 is 29.0 Å². The minimum Gasteiger partial charge on any atom is -0.389 e. The molecule has 0 atom stereocenters. The first kappa shape index (κ1) is 19.4. The summed E-state index contributed by atoms with van der Waals surface area (Å²) in [5, 5.41) is 1.03. The van der Waals surface area contributed by atoms with Crippen molar-refractivity contribution in [2.24, 2.45) is 5.73 Å². The first-order chi connectivity index (χ1) is 10.7. The normalized spacial score (nSPS) is 10.8. The van der Waals surface area contributed by atoms with Crippen LogP contribution in [0.5, 0.6) is 0 Å². The molecule has 0 spiro atoms. The van der Waals surface area contributed by atoms with Gasteiger partial charge >= 0.3 is 0 Å². The number of aromatic nitrogens is 1. The molecule has 22 heavy (non-hydrogen) atoms. The molecule has 4 heteroatoms. The van der Waals surface area contributed by atoms with E-state index in [1.165, 1.54) is 64.2 Å². The summed E-state index contributed by atoms with van der Waals surface area (Å²) in [6.45, 7) is 2.27. The number of hydrogen-bond donors (Lipinski definition) is 1. The molecule has 0 saturated heterocycles. The fraction of sp³-hybridized carbons (Fsp3) is 0.667. The molecule has 0 aliphatic heterocycles. The van der Waals surface area contributed by atoms with Crippen LogP contribution in [0.25, 0.3) is 0 Å². The number of thioether (sulfide) groups is 1. The Hall–Kier alpha value is -0.610. The molecule has 2 N–H and O–H groups in total. The van der Waals surface area contributed by atoms with E-state index < -0.39 is 0 Å². The average Bonchev–Trinajstić information content (AvgIpc) is 2.53. The lowest BCUT2D eigenvalue weighted by Gasteiger charge is -2.04. The number of unbranched alkanes of at least 4 members (excludes halogenated alkanes) is 9. The highest BCUT2D eigenvalue weighted by Crippen LogP contribution is 2.19. The Balaban J connectivity index is 1.97. The van der Waals surface area contributed by atoms with Crippen LogP contribution < -0.4 is 5.73 Å². The second-order valence-corrected chi connectivity index (χ2v) is 7.33. The summed E-state index contributed by atoms with van der Waals surface area (Å²) in [5.41, 5.74) is 6.55. The SMILES string of the molecule is CCCCCCCCCCCCSc1cc(C(N)=S)ccn1. The summed E-state index contributed by atoms with van der Waals surface area (Å²) in [7, 11) is 0.